The highest BCUT2D eigenvalue weighted by Gasteiger charge is 2.49. The Morgan fingerprint density at radius 2 is 1.72 bits per heavy atom. The van der Waals surface area contributed by atoms with Crippen molar-refractivity contribution in [1.29, 1.82) is 0 Å². The first kappa shape index (κ1) is 23.0. The van der Waals surface area contributed by atoms with Crippen LogP contribution in [0.15, 0.2) is 35.7 Å². The number of amides is 1. The molecule has 2 saturated heterocycles. The van der Waals surface area contributed by atoms with E-state index in [1.165, 1.54) is 16.8 Å². The standard InChI is InChI=1S/C24H32N2O5S/c1-31-24(28)22-17-20-9-5-6-10-21(20)26(22)23(27)19-11-14-25(15-12-19)32(29,30)16-13-18-7-3-2-4-8-18/h2-4,7-8,13,16,19-22H,5-6,9-12,14-15,17H2,1H3/b16-13+. The highest BCUT2D eigenvalue weighted by atomic mass is 32.2. The lowest BCUT2D eigenvalue weighted by Gasteiger charge is -2.37. The van der Waals surface area contributed by atoms with Crippen molar-refractivity contribution >= 4 is 28.0 Å². The molecule has 1 saturated carbocycles. The minimum absolute atomic E-state index is 0.00771. The van der Waals surface area contributed by atoms with Crippen LogP contribution in [0, 0.1) is 11.8 Å². The lowest BCUT2D eigenvalue weighted by molar-refractivity contribution is -0.154. The molecule has 1 aromatic carbocycles. The van der Waals surface area contributed by atoms with Crippen LogP contribution in [-0.2, 0) is 24.3 Å². The molecule has 0 aromatic heterocycles. The van der Waals surface area contributed by atoms with Gasteiger partial charge in [0.1, 0.15) is 6.04 Å². The summed E-state index contributed by atoms with van der Waals surface area (Å²) in [7, 11) is -2.17. The number of hydrogen-bond acceptors (Lipinski definition) is 5. The molecule has 7 nitrogen and oxygen atoms in total. The van der Waals surface area contributed by atoms with Gasteiger partial charge in [0, 0.05) is 30.5 Å². The van der Waals surface area contributed by atoms with Gasteiger partial charge >= 0.3 is 5.97 Å². The van der Waals surface area contributed by atoms with Crippen molar-refractivity contribution in [3.8, 4) is 0 Å². The van der Waals surface area contributed by atoms with Gasteiger partial charge in [-0.3, -0.25) is 4.79 Å². The predicted molar refractivity (Wildman–Crippen MR) is 122 cm³/mol. The summed E-state index contributed by atoms with van der Waals surface area (Å²) in [5, 5.41) is 1.24. The number of rotatable bonds is 5. The number of methoxy groups -OCH3 is 1. The quantitative estimate of drug-likeness (QED) is 0.631. The first-order valence-electron chi connectivity index (χ1n) is 11.5. The Hall–Kier alpha value is -2.19. The van der Waals surface area contributed by atoms with Crippen molar-refractivity contribution in [3.63, 3.8) is 0 Å². The molecule has 32 heavy (non-hydrogen) atoms. The number of ether oxygens (including phenoxy) is 1. The molecule has 3 unspecified atom stereocenters. The fourth-order valence-electron chi connectivity index (χ4n) is 5.51. The molecule has 3 fully saturated rings. The highest BCUT2D eigenvalue weighted by molar-refractivity contribution is 7.92. The van der Waals surface area contributed by atoms with Crippen LogP contribution in [0.5, 0.6) is 0 Å². The van der Waals surface area contributed by atoms with E-state index in [0.717, 1.165) is 31.2 Å². The monoisotopic (exact) mass is 460 g/mol. The Labute approximate surface area is 190 Å². The van der Waals surface area contributed by atoms with Crippen molar-refractivity contribution in [2.75, 3.05) is 20.2 Å². The van der Waals surface area contributed by atoms with E-state index < -0.39 is 16.1 Å². The van der Waals surface area contributed by atoms with E-state index in [1.54, 1.807) is 11.0 Å². The fraction of sp³-hybridized carbons (Fsp3) is 0.583. The van der Waals surface area contributed by atoms with Crippen molar-refractivity contribution < 1.29 is 22.7 Å². The molecule has 2 aliphatic heterocycles. The van der Waals surface area contributed by atoms with Gasteiger partial charge < -0.3 is 9.64 Å². The maximum atomic E-state index is 13.5. The lowest BCUT2D eigenvalue weighted by Crippen LogP contribution is -2.51. The van der Waals surface area contributed by atoms with E-state index in [1.807, 2.05) is 30.3 Å². The summed E-state index contributed by atoms with van der Waals surface area (Å²) in [5.41, 5.74) is 0.825. The van der Waals surface area contributed by atoms with Crippen molar-refractivity contribution in [1.82, 2.24) is 9.21 Å². The largest absolute Gasteiger partial charge is 0.467 e. The summed E-state index contributed by atoms with van der Waals surface area (Å²) in [5.74, 6) is -0.238. The van der Waals surface area contributed by atoms with E-state index in [-0.39, 0.29) is 23.8 Å². The Bertz CT molecular complexity index is 954. The van der Waals surface area contributed by atoms with Crippen LogP contribution in [0.1, 0.15) is 50.5 Å². The third kappa shape index (κ3) is 4.76. The molecule has 174 valence electrons. The lowest BCUT2D eigenvalue weighted by atomic mass is 9.84. The van der Waals surface area contributed by atoms with Crippen LogP contribution in [0.3, 0.4) is 0 Å². The first-order valence-corrected chi connectivity index (χ1v) is 13.0. The maximum absolute atomic E-state index is 13.5. The summed E-state index contributed by atoms with van der Waals surface area (Å²) >= 11 is 0. The number of benzene rings is 1. The normalized spacial score (nSPS) is 27.4. The Balaban J connectivity index is 1.41. The summed E-state index contributed by atoms with van der Waals surface area (Å²) < 4.78 is 31.9. The third-order valence-corrected chi connectivity index (χ3v) is 8.78. The number of likely N-dealkylation sites (tertiary alicyclic amines) is 1. The van der Waals surface area contributed by atoms with Crippen LogP contribution in [0.4, 0.5) is 0 Å². The molecule has 4 rings (SSSR count). The zero-order valence-corrected chi connectivity index (χ0v) is 19.4. The van der Waals surface area contributed by atoms with E-state index >= 15 is 0 Å². The van der Waals surface area contributed by atoms with Crippen molar-refractivity contribution in [2.24, 2.45) is 11.8 Å². The van der Waals surface area contributed by atoms with Gasteiger partial charge in [-0.25, -0.2) is 13.2 Å². The molecular formula is C24H32N2O5S. The number of esters is 1. The smallest absolute Gasteiger partial charge is 0.328 e. The van der Waals surface area contributed by atoms with Crippen LogP contribution in [0.25, 0.3) is 6.08 Å². The Morgan fingerprint density at radius 3 is 2.41 bits per heavy atom. The average molecular weight is 461 g/mol. The number of sulfonamides is 1. The number of carbonyl (C=O) groups excluding carboxylic acids is 2. The molecule has 2 heterocycles. The molecule has 0 spiro atoms. The first-order chi connectivity index (χ1) is 15.4. The molecule has 1 aliphatic carbocycles. The molecule has 0 radical (unpaired) electrons. The molecule has 1 amide bonds. The number of fused-ring (bicyclic) bond motifs is 1. The van der Waals surface area contributed by atoms with Crippen molar-refractivity contribution in [2.45, 2.75) is 57.0 Å². The van der Waals surface area contributed by atoms with Crippen LogP contribution < -0.4 is 0 Å². The van der Waals surface area contributed by atoms with Crippen LogP contribution >= 0.6 is 0 Å². The minimum atomic E-state index is -3.54. The second-order valence-electron chi connectivity index (χ2n) is 9.06. The molecule has 1 aromatic rings. The number of carbonyl (C=O) groups is 2. The van der Waals surface area contributed by atoms with Crippen LogP contribution in [0.2, 0.25) is 0 Å². The van der Waals surface area contributed by atoms with E-state index in [4.69, 9.17) is 4.74 Å². The second-order valence-corrected chi connectivity index (χ2v) is 10.9. The van der Waals surface area contributed by atoms with Gasteiger partial charge in [-0.15, -0.1) is 0 Å². The summed E-state index contributed by atoms with van der Waals surface area (Å²) in [6.45, 7) is 0.616. The highest BCUT2D eigenvalue weighted by Crippen LogP contribution is 2.41. The second kappa shape index (κ2) is 9.75. The summed E-state index contributed by atoms with van der Waals surface area (Å²) in [6, 6.07) is 8.91. The van der Waals surface area contributed by atoms with Gasteiger partial charge in [-0.2, -0.15) is 4.31 Å². The molecular weight excluding hydrogens is 428 g/mol. The fourth-order valence-corrected chi connectivity index (χ4v) is 6.73. The number of nitrogens with zero attached hydrogens (tertiary/aromatic N) is 2. The topological polar surface area (TPSA) is 84.0 Å². The van der Waals surface area contributed by atoms with Gasteiger partial charge in [0.05, 0.1) is 7.11 Å². The third-order valence-electron chi connectivity index (χ3n) is 7.21. The molecule has 8 heteroatoms. The summed E-state index contributed by atoms with van der Waals surface area (Å²) in [6.07, 6.45) is 7.42. The van der Waals surface area contributed by atoms with E-state index in [0.29, 0.717) is 38.3 Å². The SMILES string of the molecule is COC(=O)C1CC2CCCCC2N1C(=O)C1CCN(S(=O)(=O)/C=C/c2ccccc2)CC1. The zero-order valence-electron chi connectivity index (χ0n) is 18.6. The predicted octanol–water partition coefficient (Wildman–Crippen LogP) is 3.03. The average Bonchev–Trinajstić information content (AvgIpc) is 3.22. The van der Waals surface area contributed by atoms with Gasteiger partial charge in [0.25, 0.3) is 0 Å². The van der Waals surface area contributed by atoms with Crippen molar-refractivity contribution in [3.05, 3.63) is 41.3 Å². The van der Waals surface area contributed by atoms with Crippen LogP contribution in [-0.4, -0.2) is 61.8 Å². The molecule has 0 bridgehead atoms. The number of piperidine rings is 1. The van der Waals surface area contributed by atoms with Gasteiger partial charge in [0.2, 0.25) is 15.9 Å². The van der Waals surface area contributed by atoms with E-state index in [2.05, 4.69) is 0 Å². The number of hydrogen-bond donors (Lipinski definition) is 0. The minimum Gasteiger partial charge on any atom is -0.467 e. The Kier molecular flexibility index (Phi) is 7.00. The summed E-state index contributed by atoms with van der Waals surface area (Å²) in [4.78, 5) is 27.7. The van der Waals surface area contributed by atoms with Gasteiger partial charge in [-0.05, 0) is 49.7 Å². The molecule has 0 N–H and O–H groups in total. The van der Waals surface area contributed by atoms with Gasteiger partial charge in [0.15, 0.2) is 0 Å². The van der Waals surface area contributed by atoms with E-state index in [9.17, 15) is 18.0 Å². The Morgan fingerprint density at radius 1 is 1.03 bits per heavy atom. The maximum Gasteiger partial charge on any atom is 0.328 e. The zero-order chi connectivity index (χ0) is 22.7. The molecule has 3 aliphatic rings. The molecule has 3 atom stereocenters. The van der Waals surface area contributed by atoms with Gasteiger partial charge in [-0.1, -0.05) is 43.2 Å².